The van der Waals surface area contributed by atoms with Crippen molar-refractivity contribution in [3.8, 4) is 11.5 Å². The van der Waals surface area contributed by atoms with Crippen molar-refractivity contribution >= 4 is 17.6 Å². The van der Waals surface area contributed by atoms with Crippen molar-refractivity contribution in [2.75, 3.05) is 12.4 Å². The molecule has 108 valence electrons. The summed E-state index contributed by atoms with van der Waals surface area (Å²) in [6.07, 6.45) is 1.47. The molecule has 0 bridgehead atoms. The number of phenolic OH excluding ortho intramolecular Hbond substituents is 1. The number of aliphatic carboxylic acids is 1. The highest BCUT2D eigenvalue weighted by Gasteiger charge is 2.33. The average Bonchev–Trinajstić information content (AvgIpc) is 2.88. The summed E-state index contributed by atoms with van der Waals surface area (Å²) >= 11 is 0. The van der Waals surface area contributed by atoms with Gasteiger partial charge in [0.05, 0.1) is 13.0 Å². The zero-order valence-electron chi connectivity index (χ0n) is 11.1. The van der Waals surface area contributed by atoms with Gasteiger partial charge in [-0.05, 0) is 31.4 Å². The number of rotatable bonds is 4. The maximum absolute atomic E-state index is 12.0. The highest BCUT2D eigenvalue weighted by atomic mass is 16.5. The summed E-state index contributed by atoms with van der Waals surface area (Å²) < 4.78 is 4.92. The van der Waals surface area contributed by atoms with Gasteiger partial charge in [0.2, 0.25) is 5.91 Å². The number of ether oxygens (including phenoxy) is 1. The fourth-order valence-corrected chi connectivity index (χ4v) is 2.46. The third kappa shape index (κ3) is 3.01. The van der Waals surface area contributed by atoms with E-state index in [-0.39, 0.29) is 17.6 Å². The molecule has 1 fully saturated rings. The molecule has 0 saturated heterocycles. The van der Waals surface area contributed by atoms with E-state index in [2.05, 4.69) is 5.32 Å². The van der Waals surface area contributed by atoms with Gasteiger partial charge in [-0.25, -0.2) is 0 Å². The van der Waals surface area contributed by atoms with Crippen molar-refractivity contribution in [1.82, 2.24) is 0 Å². The van der Waals surface area contributed by atoms with Gasteiger partial charge in [-0.1, -0.05) is 0 Å². The van der Waals surface area contributed by atoms with Crippen LogP contribution in [0.4, 0.5) is 5.69 Å². The van der Waals surface area contributed by atoms with Crippen molar-refractivity contribution < 1.29 is 24.5 Å². The lowest BCUT2D eigenvalue weighted by atomic mass is 10.0. The van der Waals surface area contributed by atoms with E-state index in [1.165, 1.54) is 13.2 Å². The van der Waals surface area contributed by atoms with Crippen LogP contribution >= 0.6 is 0 Å². The van der Waals surface area contributed by atoms with Crippen LogP contribution in [0.3, 0.4) is 0 Å². The number of hydrogen-bond acceptors (Lipinski definition) is 4. The van der Waals surface area contributed by atoms with Crippen molar-refractivity contribution in [3.63, 3.8) is 0 Å². The van der Waals surface area contributed by atoms with Crippen molar-refractivity contribution in [2.45, 2.75) is 19.3 Å². The molecule has 1 saturated carbocycles. The maximum atomic E-state index is 12.0. The number of carboxylic acids is 1. The van der Waals surface area contributed by atoms with Crippen LogP contribution in [0.15, 0.2) is 18.2 Å². The first-order chi connectivity index (χ1) is 9.51. The van der Waals surface area contributed by atoms with Gasteiger partial charge >= 0.3 is 5.97 Å². The van der Waals surface area contributed by atoms with Crippen molar-refractivity contribution in [3.05, 3.63) is 18.2 Å². The Kier molecular flexibility index (Phi) is 4.12. The smallest absolute Gasteiger partial charge is 0.306 e. The molecule has 1 aliphatic rings. The molecule has 1 aromatic rings. The van der Waals surface area contributed by atoms with Crippen LogP contribution in [-0.2, 0) is 9.59 Å². The number of carboxylic acid groups (broad SMARTS) is 1. The van der Waals surface area contributed by atoms with Crippen LogP contribution in [0.5, 0.6) is 11.5 Å². The van der Waals surface area contributed by atoms with Gasteiger partial charge in [0.1, 0.15) is 0 Å². The lowest BCUT2D eigenvalue weighted by Crippen LogP contribution is -2.21. The van der Waals surface area contributed by atoms with E-state index >= 15 is 0 Å². The first-order valence-electron chi connectivity index (χ1n) is 6.42. The van der Waals surface area contributed by atoms with E-state index in [0.717, 1.165) is 0 Å². The summed E-state index contributed by atoms with van der Waals surface area (Å²) in [6.45, 7) is 0. The average molecular weight is 279 g/mol. The Morgan fingerprint density at radius 3 is 2.55 bits per heavy atom. The molecule has 6 nitrogen and oxygen atoms in total. The molecule has 0 aliphatic heterocycles. The second-order valence-corrected chi connectivity index (χ2v) is 4.92. The molecule has 0 radical (unpaired) electrons. The minimum absolute atomic E-state index is 0.0554. The highest BCUT2D eigenvalue weighted by Crippen LogP contribution is 2.33. The van der Waals surface area contributed by atoms with E-state index in [0.29, 0.717) is 30.7 Å². The Morgan fingerprint density at radius 2 is 2.00 bits per heavy atom. The summed E-state index contributed by atoms with van der Waals surface area (Å²) in [5.74, 6) is -1.51. The topological polar surface area (TPSA) is 95.9 Å². The molecule has 1 aromatic carbocycles. The van der Waals surface area contributed by atoms with Crippen LogP contribution < -0.4 is 10.1 Å². The highest BCUT2D eigenvalue weighted by molar-refractivity contribution is 5.93. The standard InChI is InChI=1S/C14H17NO5/c1-20-12-5-4-10(7-11(12)16)15-13(17)8-2-3-9(6-8)14(18)19/h4-5,7-9,16H,2-3,6H2,1H3,(H,15,17)(H,18,19)/t8-,9+/m1/s1. The summed E-state index contributed by atoms with van der Waals surface area (Å²) in [6, 6.07) is 4.58. The number of carbonyl (C=O) groups excluding carboxylic acids is 1. The number of carbonyl (C=O) groups is 2. The first kappa shape index (κ1) is 14.2. The van der Waals surface area contributed by atoms with Crippen LogP contribution in [0.25, 0.3) is 0 Å². The van der Waals surface area contributed by atoms with Gasteiger partial charge in [0, 0.05) is 17.7 Å². The molecule has 6 heteroatoms. The summed E-state index contributed by atoms with van der Waals surface area (Å²) in [5, 5.41) is 21.2. The second-order valence-electron chi connectivity index (χ2n) is 4.92. The van der Waals surface area contributed by atoms with Crippen molar-refractivity contribution in [1.29, 1.82) is 0 Å². The number of hydrogen-bond donors (Lipinski definition) is 3. The molecular formula is C14H17NO5. The van der Waals surface area contributed by atoms with E-state index < -0.39 is 11.9 Å². The third-order valence-corrected chi connectivity index (χ3v) is 3.60. The molecule has 0 spiro atoms. The van der Waals surface area contributed by atoms with Crippen LogP contribution in [0, 0.1) is 11.8 Å². The summed E-state index contributed by atoms with van der Waals surface area (Å²) in [5.41, 5.74) is 0.465. The van der Waals surface area contributed by atoms with E-state index in [4.69, 9.17) is 9.84 Å². The monoisotopic (exact) mass is 279 g/mol. The van der Waals surface area contributed by atoms with Crippen LogP contribution in [0.1, 0.15) is 19.3 Å². The summed E-state index contributed by atoms with van der Waals surface area (Å²) in [4.78, 5) is 22.9. The minimum atomic E-state index is -0.845. The Hall–Kier alpha value is -2.24. The van der Waals surface area contributed by atoms with Gasteiger partial charge in [0.15, 0.2) is 11.5 Å². The molecule has 1 aliphatic carbocycles. The molecule has 1 amide bonds. The normalized spacial score (nSPS) is 21.4. The molecule has 2 rings (SSSR count). The number of amides is 1. The van der Waals surface area contributed by atoms with Gasteiger partial charge in [-0.3, -0.25) is 9.59 Å². The van der Waals surface area contributed by atoms with Gasteiger partial charge < -0.3 is 20.3 Å². The predicted molar refractivity (Wildman–Crippen MR) is 71.8 cm³/mol. The number of benzene rings is 1. The van der Waals surface area contributed by atoms with Gasteiger partial charge in [-0.15, -0.1) is 0 Å². The first-order valence-corrected chi connectivity index (χ1v) is 6.42. The maximum Gasteiger partial charge on any atom is 0.306 e. The molecule has 20 heavy (non-hydrogen) atoms. The van der Waals surface area contributed by atoms with Crippen LogP contribution in [-0.4, -0.2) is 29.2 Å². The zero-order valence-corrected chi connectivity index (χ0v) is 11.1. The lowest BCUT2D eigenvalue weighted by Gasteiger charge is -2.12. The lowest BCUT2D eigenvalue weighted by molar-refractivity contribution is -0.141. The Morgan fingerprint density at radius 1 is 1.30 bits per heavy atom. The Bertz CT molecular complexity index is 528. The minimum Gasteiger partial charge on any atom is -0.504 e. The number of anilines is 1. The van der Waals surface area contributed by atoms with Gasteiger partial charge in [0.25, 0.3) is 0 Å². The number of aromatic hydroxyl groups is 1. The molecular weight excluding hydrogens is 262 g/mol. The quantitative estimate of drug-likeness (QED) is 0.781. The fraction of sp³-hybridized carbons (Fsp3) is 0.429. The molecule has 2 atom stereocenters. The fourth-order valence-electron chi connectivity index (χ4n) is 2.46. The number of methoxy groups -OCH3 is 1. The van der Waals surface area contributed by atoms with Gasteiger partial charge in [-0.2, -0.15) is 0 Å². The molecule has 0 heterocycles. The van der Waals surface area contributed by atoms with E-state index in [9.17, 15) is 14.7 Å². The zero-order chi connectivity index (χ0) is 14.7. The largest absolute Gasteiger partial charge is 0.504 e. The Balaban J connectivity index is 1.98. The number of nitrogens with one attached hydrogen (secondary N) is 1. The van der Waals surface area contributed by atoms with E-state index in [1.807, 2.05) is 0 Å². The third-order valence-electron chi connectivity index (χ3n) is 3.60. The predicted octanol–water partition coefficient (Wildman–Crippen LogP) is 1.84. The SMILES string of the molecule is COc1ccc(NC(=O)[C@@H]2CC[C@H](C(=O)O)C2)cc1O. The number of phenols is 1. The molecule has 0 aromatic heterocycles. The van der Waals surface area contributed by atoms with Crippen molar-refractivity contribution in [2.24, 2.45) is 11.8 Å². The molecule has 3 N–H and O–H groups in total. The van der Waals surface area contributed by atoms with E-state index in [1.54, 1.807) is 12.1 Å². The summed E-state index contributed by atoms with van der Waals surface area (Å²) in [7, 11) is 1.44. The molecule has 0 unspecified atom stereocenters. The second kappa shape index (κ2) is 5.81. The Labute approximate surface area is 116 Å². The van der Waals surface area contributed by atoms with Crippen LogP contribution in [0.2, 0.25) is 0 Å².